The van der Waals surface area contributed by atoms with Gasteiger partial charge in [-0.2, -0.15) is 11.8 Å². The van der Waals surface area contributed by atoms with Crippen LogP contribution in [-0.4, -0.2) is 27.5 Å². The molecule has 0 bridgehead atoms. The van der Waals surface area contributed by atoms with Crippen LogP contribution in [0.25, 0.3) is 0 Å². The zero-order valence-electron chi connectivity index (χ0n) is 11.1. The number of aromatic nitrogens is 2. The van der Waals surface area contributed by atoms with Gasteiger partial charge in [0, 0.05) is 16.9 Å². The molecule has 2 atom stereocenters. The van der Waals surface area contributed by atoms with Gasteiger partial charge in [-0.25, -0.2) is 9.97 Å². The third kappa shape index (κ3) is 3.07. The Hall–Kier alpha value is -0.970. The molecule has 1 aromatic rings. The Balaban J connectivity index is 2.07. The highest BCUT2D eigenvalue weighted by atomic mass is 32.2. The van der Waals surface area contributed by atoms with E-state index in [0.29, 0.717) is 11.9 Å². The number of nitrogens with one attached hydrogen (secondary N) is 1. The van der Waals surface area contributed by atoms with Crippen LogP contribution in [0, 0.1) is 0 Å². The molecule has 2 unspecified atom stereocenters. The minimum absolute atomic E-state index is 0.535. The molecule has 1 fully saturated rings. The number of nitrogens with two attached hydrogens (primary N) is 1. The van der Waals surface area contributed by atoms with Crippen molar-refractivity contribution in [1.29, 1.82) is 0 Å². The predicted molar refractivity (Wildman–Crippen MR) is 79.0 cm³/mol. The van der Waals surface area contributed by atoms with Crippen LogP contribution in [0.3, 0.4) is 0 Å². The van der Waals surface area contributed by atoms with Crippen LogP contribution in [0.15, 0.2) is 6.33 Å². The normalized spacial score (nSPS) is 23.2. The fourth-order valence-corrected chi connectivity index (χ4v) is 3.32. The number of thioether (sulfide) groups is 1. The van der Waals surface area contributed by atoms with Gasteiger partial charge < -0.3 is 11.1 Å². The summed E-state index contributed by atoms with van der Waals surface area (Å²) in [6.45, 7) is 2.15. The number of nitrogens with zero attached hydrogens (tertiary/aromatic N) is 2. The second-order valence-electron chi connectivity index (χ2n) is 4.85. The van der Waals surface area contributed by atoms with E-state index in [1.165, 1.54) is 19.3 Å². The van der Waals surface area contributed by atoms with Gasteiger partial charge in [0.25, 0.3) is 0 Å². The van der Waals surface area contributed by atoms with Gasteiger partial charge in [-0.3, -0.25) is 0 Å². The van der Waals surface area contributed by atoms with Crippen LogP contribution in [0.1, 0.15) is 38.2 Å². The Morgan fingerprint density at radius 2 is 2.28 bits per heavy atom. The van der Waals surface area contributed by atoms with Crippen molar-refractivity contribution in [3.05, 3.63) is 11.9 Å². The lowest BCUT2D eigenvalue weighted by Crippen LogP contribution is -2.19. The summed E-state index contributed by atoms with van der Waals surface area (Å²) in [5, 5.41) is 4.34. The van der Waals surface area contributed by atoms with Gasteiger partial charge in [-0.1, -0.05) is 13.3 Å². The summed E-state index contributed by atoms with van der Waals surface area (Å²) in [5.74, 6) is 1.56. The van der Waals surface area contributed by atoms with Gasteiger partial charge >= 0.3 is 0 Å². The van der Waals surface area contributed by atoms with Gasteiger partial charge in [-0.15, -0.1) is 0 Å². The van der Waals surface area contributed by atoms with Crippen molar-refractivity contribution in [2.45, 2.75) is 50.3 Å². The number of hydrogen-bond donors (Lipinski definition) is 2. The summed E-state index contributed by atoms with van der Waals surface area (Å²) < 4.78 is 0. The fraction of sp³-hybridized carbons (Fsp3) is 0.692. The molecule has 0 amide bonds. The minimum Gasteiger partial charge on any atom is -0.383 e. The summed E-state index contributed by atoms with van der Waals surface area (Å²) in [4.78, 5) is 8.45. The zero-order chi connectivity index (χ0) is 13.0. The van der Waals surface area contributed by atoms with Crippen LogP contribution in [-0.2, 0) is 6.42 Å². The highest BCUT2D eigenvalue weighted by molar-refractivity contribution is 7.99. The molecule has 1 heterocycles. The molecule has 0 radical (unpaired) electrons. The van der Waals surface area contributed by atoms with Crippen LogP contribution in [0.5, 0.6) is 0 Å². The molecule has 1 aromatic heterocycles. The lowest BCUT2D eigenvalue weighted by Gasteiger charge is -2.17. The lowest BCUT2D eigenvalue weighted by atomic mass is 10.1. The van der Waals surface area contributed by atoms with E-state index in [-0.39, 0.29) is 0 Å². The molecule has 1 aliphatic rings. The molecular weight excluding hydrogens is 244 g/mol. The van der Waals surface area contributed by atoms with Crippen LogP contribution < -0.4 is 11.1 Å². The molecule has 0 saturated heterocycles. The first-order chi connectivity index (χ1) is 8.74. The minimum atomic E-state index is 0.535. The lowest BCUT2D eigenvalue weighted by molar-refractivity contribution is 0.746. The Morgan fingerprint density at radius 3 is 2.94 bits per heavy atom. The van der Waals surface area contributed by atoms with E-state index < -0.39 is 0 Å². The quantitative estimate of drug-likeness (QED) is 0.858. The van der Waals surface area contributed by atoms with Gasteiger partial charge in [-0.05, 0) is 31.9 Å². The Labute approximate surface area is 113 Å². The molecular formula is C13H22N4S. The van der Waals surface area contributed by atoms with E-state index in [0.717, 1.165) is 29.5 Å². The first-order valence-corrected chi connectivity index (χ1v) is 7.92. The standard InChI is InChI=1S/C13H22N4S/c1-3-4-11-12(14)15-8-16-13(11)17-9-5-6-10(7-9)18-2/h8-10H,3-7H2,1-2H3,(H3,14,15,16,17). The number of rotatable bonds is 5. The van der Waals surface area contributed by atoms with Crippen molar-refractivity contribution < 1.29 is 0 Å². The van der Waals surface area contributed by atoms with E-state index in [1.54, 1.807) is 6.33 Å². The first kappa shape index (κ1) is 13.5. The third-order valence-electron chi connectivity index (χ3n) is 3.54. The number of nitrogen functional groups attached to an aromatic ring is 1. The predicted octanol–water partition coefficient (Wildman–Crippen LogP) is 2.71. The smallest absolute Gasteiger partial charge is 0.134 e. The molecule has 3 N–H and O–H groups in total. The van der Waals surface area contributed by atoms with Crippen molar-refractivity contribution in [3.63, 3.8) is 0 Å². The van der Waals surface area contributed by atoms with Gasteiger partial charge in [0.2, 0.25) is 0 Å². The van der Waals surface area contributed by atoms with Crippen molar-refractivity contribution >= 4 is 23.4 Å². The fourth-order valence-electron chi connectivity index (χ4n) is 2.53. The van der Waals surface area contributed by atoms with Crippen LogP contribution in [0.4, 0.5) is 11.6 Å². The summed E-state index contributed by atoms with van der Waals surface area (Å²) in [6, 6.07) is 0.535. The molecule has 0 aromatic carbocycles. The van der Waals surface area contributed by atoms with Crippen LogP contribution >= 0.6 is 11.8 Å². The summed E-state index contributed by atoms with van der Waals surface area (Å²) in [7, 11) is 0. The Kier molecular flexibility index (Phi) is 4.69. The second-order valence-corrected chi connectivity index (χ2v) is 5.99. The zero-order valence-corrected chi connectivity index (χ0v) is 12.0. The van der Waals surface area contributed by atoms with E-state index >= 15 is 0 Å². The van der Waals surface area contributed by atoms with E-state index in [1.807, 2.05) is 11.8 Å². The number of anilines is 2. The maximum absolute atomic E-state index is 5.94. The largest absolute Gasteiger partial charge is 0.383 e. The van der Waals surface area contributed by atoms with Crippen molar-refractivity contribution in [3.8, 4) is 0 Å². The van der Waals surface area contributed by atoms with Crippen molar-refractivity contribution in [1.82, 2.24) is 9.97 Å². The van der Waals surface area contributed by atoms with E-state index in [2.05, 4.69) is 28.5 Å². The number of hydrogen-bond acceptors (Lipinski definition) is 5. The summed E-state index contributed by atoms with van der Waals surface area (Å²) in [5.41, 5.74) is 7.02. The van der Waals surface area contributed by atoms with Crippen molar-refractivity contribution in [2.24, 2.45) is 0 Å². The third-order valence-corrected chi connectivity index (χ3v) is 4.63. The molecule has 0 aliphatic heterocycles. The van der Waals surface area contributed by atoms with Gasteiger partial charge in [0.15, 0.2) is 0 Å². The molecule has 18 heavy (non-hydrogen) atoms. The Bertz CT molecular complexity index is 397. The topological polar surface area (TPSA) is 63.8 Å². The SMILES string of the molecule is CCCc1c(N)ncnc1NC1CCC(SC)C1. The summed E-state index contributed by atoms with van der Waals surface area (Å²) in [6.07, 6.45) is 9.48. The van der Waals surface area contributed by atoms with E-state index in [4.69, 9.17) is 5.73 Å². The molecule has 100 valence electrons. The molecule has 0 spiro atoms. The maximum Gasteiger partial charge on any atom is 0.134 e. The average Bonchev–Trinajstić information content (AvgIpc) is 2.81. The van der Waals surface area contributed by atoms with Gasteiger partial charge in [0.05, 0.1) is 0 Å². The molecule has 4 nitrogen and oxygen atoms in total. The van der Waals surface area contributed by atoms with Crippen molar-refractivity contribution in [2.75, 3.05) is 17.3 Å². The molecule has 2 rings (SSSR count). The Morgan fingerprint density at radius 1 is 1.44 bits per heavy atom. The first-order valence-electron chi connectivity index (χ1n) is 6.63. The highest BCUT2D eigenvalue weighted by Crippen LogP contribution is 2.31. The molecule has 5 heteroatoms. The molecule has 1 aliphatic carbocycles. The monoisotopic (exact) mass is 266 g/mol. The summed E-state index contributed by atoms with van der Waals surface area (Å²) >= 11 is 1.97. The average molecular weight is 266 g/mol. The van der Waals surface area contributed by atoms with E-state index in [9.17, 15) is 0 Å². The van der Waals surface area contributed by atoms with Gasteiger partial charge in [0.1, 0.15) is 18.0 Å². The maximum atomic E-state index is 5.94. The van der Waals surface area contributed by atoms with Crippen LogP contribution in [0.2, 0.25) is 0 Å². The highest BCUT2D eigenvalue weighted by Gasteiger charge is 2.24. The second kappa shape index (κ2) is 6.27. The molecule has 1 saturated carbocycles.